The molecular formula is C28H26N6O3. The van der Waals surface area contributed by atoms with Crippen LogP contribution in [0, 0.1) is 0 Å². The van der Waals surface area contributed by atoms with Gasteiger partial charge in [0, 0.05) is 22.9 Å². The molecule has 0 atom stereocenters. The summed E-state index contributed by atoms with van der Waals surface area (Å²) in [5.41, 5.74) is 4.79. The van der Waals surface area contributed by atoms with Gasteiger partial charge in [0.05, 0.1) is 28.0 Å². The number of aromatic nitrogens is 4. The molecule has 0 aliphatic heterocycles. The Hall–Kier alpha value is -4.92. The van der Waals surface area contributed by atoms with Crippen LogP contribution in [0.3, 0.4) is 0 Å². The number of carboxylic acid groups (broad SMARTS) is 1. The Morgan fingerprint density at radius 1 is 0.865 bits per heavy atom. The zero-order chi connectivity index (χ0) is 26.2. The van der Waals surface area contributed by atoms with Gasteiger partial charge in [0.25, 0.3) is 0 Å². The van der Waals surface area contributed by atoms with Crippen molar-refractivity contribution in [2.45, 2.75) is 26.2 Å². The molecule has 5 rings (SSSR count). The molecule has 5 aromatic rings. The normalized spacial score (nSPS) is 11.4. The minimum Gasteiger partial charge on any atom is -0.478 e. The molecule has 0 bridgehead atoms. The van der Waals surface area contributed by atoms with Crippen LogP contribution in [0.2, 0.25) is 0 Å². The number of aromatic carboxylic acids is 1. The molecule has 0 aliphatic carbocycles. The highest BCUT2D eigenvalue weighted by atomic mass is 16.4. The standard InChI is InChI=1S/C28H26N6O3/c1-28(2,3)24-16-25(34(32-24)21-12-8-18(9-13-21)26(35)36)31-27(37)30-19-10-14-20(15-11-19)33-17-29-22-6-4-5-7-23(22)33/h4-17H,1-3H3,(H,35,36)(H2,30,31,37). The van der Waals surface area contributed by atoms with Crippen LogP contribution < -0.4 is 10.6 Å². The molecule has 186 valence electrons. The van der Waals surface area contributed by atoms with E-state index < -0.39 is 12.0 Å². The molecule has 0 spiro atoms. The minimum atomic E-state index is -1.01. The Kier molecular flexibility index (Phi) is 5.96. The van der Waals surface area contributed by atoms with Gasteiger partial charge in [0.15, 0.2) is 0 Å². The van der Waals surface area contributed by atoms with Crippen molar-refractivity contribution in [1.29, 1.82) is 0 Å². The van der Waals surface area contributed by atoms with Crippen molar-refractivity contribution < 1.29 is 14.7 Å². The van der Waals surface area contributed by atoms with E-state index in [0.717, 1.165) is 22.4 Å². The number of carboxylic acids is 1. The fourth-order valence-corrected chi connectivity index (χ4v) is 3.93. The van der Waals surface area contributed by atoms with E-state index in [0.29, 0.717) is 17.2 Å². The molecule has 0 saturated carbocycles. The third kappa shape index (κ3) is 4.92. The van der Waals surface area contributed by atoms with Crippen LogP contribution in [-0.2, 0) is 5.41 Å². The average molecular weight is 495 g/mol. The lowest BCUT2D eigenvalue weighted by atomic mass is 9.92. The topological polar surface area (TPSA) is 114 Å². The number of anilines is 2. The highest BCUT2D eigenvalue weighted by Gasteiger charge is 2.22. The number of amides is 2. The molecular weight excluding hydrogens is 468 g/mol. The first-order chi connectivity index (χ1) is 17.7. The number of urea groups is 1. The van der Waals surface area contributed by atoms with E-state index in [4.69, 9.17) is 0 Å². The summed E-state index contributed by atoms with van der Waals surface area (Å²) in [6.45, 7) is 6.09. The quantitative estimate of drug-likeness (QED) is 0.284. The minimum absolute atomic E-state index is 0.173. The zero-order valence-electron chi connectivity index (χ0n) is 20.6. The molecule has 0 unspecified atom stereocenters. The monoisotopic (exact) mass is 494 g/mol. The van der Waals surface area contributed by atoms with Crippen molar-refractivity contribution >= 4 is 34.5 Å². The van der Waals surface area contributed by atoms with Crippen molar-refractivity contribution in [3.8, 4) is 11.4 Å². The van der Waals surface area contributed by atoms with Crippen molar-refractivity contribution in [3.05, 3.63) is 96.4 Å². The van der Waals surface area contributed by atoms with Gasteiger partial charge >= 0.3 is 12.0 Å². The number of rotatable bonds is 5. The van der Waals surface area contributed by atoms with Gasteiger partial charge in [0.2, 0.25) is 0 Å². The number of nitrogens with one attached hydrogen (secondary N) is 2. The van der Waals surface area contributed by atoms with Crippen molar-refractivity contribution in [2.24, 2.45) is 0 Å². The van der Waals surface area contributed by atoms with Crippen LogP contribution in [0.1, 0.15) is 36.8 Å². The fraction of sp³-hybridized carbons (Fsp3) is 0.143. The van der Waals surface area contributed by atoms with E-state index in [1.165, 1.54) is 12.1 Å². The second kappa shape index (κ2) is 9.27. The van der Waals surface area contributed by atoms with Gasteiger partial charge in [-0.3, -0.25) is 9.88 Å². The van der Waals surface area contributed by atoms with Crippen LogP contribution in [0.25, 0.3) is 22.4 Å². The molecule has 2 heterocycles. The van der Waals surface area contributed by atoms with E-state index in [1.54, 1.807) is 23.1 Å². The summed E-state index contributed by atoms with van der Waals surface area (Å²) in [6.07, 6.45) is 1.77. The Bertz CT molecular complexity index is 1590. The molecule has 0 saturated heterocycles. The van der Waals surface area contributed by atoms with Crippen LogP contribution in [-0.4, -0.2) is 36.4 Å². The second-order valence-electron chi connectivity index (χ2n) is 9.66. The lowest BCUT2D eigenvalue weighted by Gasteiger charge is -2.14. The van der Waals surface area contributed by atoms with Gasteiger partial charge < -0.3 is 10.4 Å². The van der Waals surface area contributed by atoms with Crippen LogP contribution in [0.4, 0.5) is 16.3 Å². The molecule has 0 fully saturated rings. The lowest BCUT2D eigenvalue weighted by molar-refractivity contribution is 0.0697. The smallest absolute Gasteiger partial charge is 0.335 e. The number of carbonyl (C=O) groups excluding carboxylic acids is 1. The van der Waals surface area contributed by atoms with Crippen molar-refractivity contribution in [3.63, 3.8) is 0 Å². The Labute approximate surface area is 213 Å². The van der Waals surface area contributed by atoms with E-state index in [2.05, 4.69) is 20.7 Å². The first-order valence-electron chi connectivity index (χ1n) is 11.7. The number of hydrogen-bond acceptors (Lipinski definition) is 4. The summed E-state index contributed by atoms with van der Waals surface area (Å²) in [5, 5.41) is 19.6. The zero-order valence-corrected chi connectivity index (χ0v) is 20.6. The van der Waals surface area contributed by atoms with Gasteiger partial charge in [-0.15, -0.1) is 0 Å². The third-order valence-corrected chi connectivity index (χ3v) is 5.94. The Morgan fingerprint density at radius 3 is 2.22 bits per heavy atom. The number of imidazole rings is 1. The number of carbonyl (C=O) groups is 2. The van der Waals surface area contributed by atoms with Gasteiger partial charge in [0.1, 0.15) is 12.1 Å². The van der Waals surface area contributed by atoms with Crippen LogP contribution >= 0.6 is 0 Å². The first-order valence-corrected chi connectivity index (χ1v) is 11.7. The first kappa shape index (κ1) is 23.8. The highest BCUT2D eigenvalue weighted by molar-refractivity contribution is 5.99. The second-order valence-corrected chi connectivity index (χ2v) is 9.66. The largest absolute Gasteiger partial charge is 0.478 e. The maximum Gasteiger partial charge on any atom is 0.335 e. The summed E-state index contributed by atoms with van der Waals surface area (Å²) in [7, 11) is 0. The van der Waals surface area contributed by atoms with Gasteiger partial charge in [-0.25, -0.2) is 19.3 Å². The number of fused-ring (bicyclic) bond motifs is 1. The summed E-state index contributed by atoms with van der Waals surface area (Å²) >= 11 is 0. The summed E-state index contributed by atoms with van der Waals surface area (Å²) in [6, 6.07) is 23.1. The van der Waals surface area contributed by atoms with Gasteiger partial charge in [-0.2, -0.15) is 5.10 Å². The van der Waals surface area contributed by atoms with Gasteiger partial charge in [-0.1, -0.05) is 32.9 Å². The molecule has 2 aromatic heterocycles. The van der Waals surface area contributed by atoms with Gasteiger partial charge in [-0.05, 0) is 60.7 Å². The summed E-state index contributed by atoms with van der Waals surface area (Å²) in [5.74, 6) is -0.542. The fourth-order valence-electron chi connectivity index (χ4n) is 3.93. The highest BCUT2D eigenvalue weighted by Crippen LogP contribution is 2.27. The maximum atomic E-state index is 12.9. The molecule has 3 N–H and O–H groups in total. The Balaban J connectivity index is 1.36. The molecule has 9 heteroatoms. The van der Waals surface area contributed by atoms with Crippen LogP contribution in [0.5, 0.6) is 0 Å². The predicted octanol–water partition coefficient (Wildman–Crippen LogP) is 5.85. The number of para-hydroxylation sites is 2. The van der Waals surface area contributed by atoms with E-state index >= 15 is 0 Å². The predicted molar refractivity (Wildman–Crippen MR) is 143 cm³/mol. The summed E-state index contributed by atoms with van der Waals surface area (Å²) < 4.78 is 3.58. The number of hydrogen-bond donors (Lipinski definition) is 3. The molecule has 37 heavy (non-hydrogen) atoms. The molecule has 0 radical (unpaired) electrons. The van der Waals surface area contributed by atoms with Crippen molar-refractivity contribution in [1.82, 2.24) is 19.3 Å². The lowest BCUT2D eigenvalue weighted by Crippen LogP contribution is -2.21. The van der Waals surface area contributed by atoms with E-state index in [-0.39, 0.29) is 11.0 Å². The average Bonchev–Trinajstić information content (AvgIpc) is 3.49. The maximum absolute atomic E-state index is 12.9. The third-order valence-electron chi connectivity index (χ3n) is 5.94. The molecule has 3 aromatic carbocycles. The van der Waals surface area contributed by atoms with E-state index in [9.17, 15) is 14.7 Å². The molecule has 2 amide bonds. The Morgan fingerprint density at radius 2 is 1.54 bits per heavy atom. The van der Waals surface area contributed by atoms with E-state index in [1.807, 2.05) is 79.9 Å². The van der Waals surface area contributed by atoms with Crippen LogP contribution in [0.15, 0.2) is 85.2 Å². The number of nitrogens with zero attached hydrogens (tertiary/aromatic N) is 4. The van der Waals surface area contributed by atoms with Crippen molar-refractivity contribution in [2.75, 3.05) is 10.6 Å². The number of benzene rings is 3. The summed E-state index contributed by atoms with van der Waals surface area (Å²) in [4.78, 5) is 28.5. The molecule has 9 nitrogen and oxygen atoms in total. The SMILES string of the molecule is CC(C)(C)c1cc(NC(=O)Nc2ccc(-n3cnc4ccccc43)cc2)n(-c2ccc(C(=O)O)cc2)n1. The molecule has 0 aliphatic rings.